The van der Waals surface area contributed by atoms with Gasteiger partial charge in [0.25, 0.3) is 34.2 Å². The summed E-state index contributed by atoms with van der Waals surface area (Å²) >= 11 is 0. The minimum Gasteiger partial charge on any atom is -0.446 e. The fourth-order valence-electron chi connectivity index (χ4n) is 18.4. The lowest BCUT2D eigenvalue weighted by molar-refractivity contribution is 0.322. The first-order chi connectivity index (χ1) is 60.6. The molecule has 12 aromatic carbocycles. The van der Waals surface area contributed by atoms with Crippen LogP contribution in [0.3, 0.4) is 0 Å². The topological polar surface area (TPSA) is 83.1 Å². The lowest BCUT2D eigenvalue weighted by Gasteiger charge is -2.45. The van der Waals surface area contributed by atoms with Gasteiger partial charge in [0, 0.05) is 8.07 Å². The molecule has 9 nitrogen and oxygen atoms in total. The van der Waals surface area contributed by atoms with Crippen LogP contribution in [0.1, 0.15) is 0 Å². The van der Waals surface area contributed by atoms with Gasteiger partial charge in [-0.05, 0) is 229 Å². The molecule has 2 atom stereocenters. The Morgan fingerprint density at radius 2 is 0.461 bits per heavy atom. The molecule has 0 saturated carbocycles. The lowest BCUT2D eigenvalue weighted by atomic mass is 10.3. The third-order valence-electron chi connectivity index (χ3n) is 23.8. The van der Waals surface area contributed by atoms with Crippen molar-refractivity contribution >= 4 is 198 Å². The van der Waals surface area contributed by atoms with E-state index in [0.29, 0.717) is 0 Å². The molecule has 25 heteroatoms. The summed E-state index contributed by atoms with van der Waals surface area (Å²) in [7, 11) is -35.8. The summed E-state index contributed by atoms with van der Waals surface area (Å²) in [6, 6.07) is 139. The summed E-state index contributed by atoms with van der Waals surface area (Å²) in [4.78, 5) is 0. The van der Waals surface area contributed by atoms with E-state index in [-0.39, 0.29) is 0 Å². The monoisotopic (exact) mass is 1970 g/mol. The summed E-state index contributed by atoms with van der Waals surface area (Å²) < 4.78 is 64.5. The standard InChI is InChI=1S/C74H98O5Si10.C22H24OSi2.C7H24O3Si4/c1-80(2,65-87(66-41-23-14-24-42-66,67-43-25-15-26-44-67)68-45-27-16-28-46-68)59-64-86(13,76-82(5,6)61-63-84(9,10)78-89(72-53-35-20-36-54-72,73-55-37-21-38-56-73)74-57-39-22-40-58-74)79-85(11,12)75-81(3,4)60-62-83(7,8)77-88(69-47-29-17-30-48-69,70-49-31-18-32-50-70)71-51-33-19-34-52-71;1-4-24(2,3)23-25(20-14-8-5-9-15-20,21-16-10-6-11-17-21)22-18-12-7-13-19-22;1-11(2)8-13(5)10-14(6,7)9-12(3)4/h14-58H,59-65H2,1-13H3;4-19H,1H2,2-3H3;11-13H,1-7H3. The first-order valence-electron chi connectivity index (χ1n) is 46.1. The highest BCUT2D eigenvalue weighted by molar-refractivity contribution is 7.18. The molecule has 12 aromatic rings. The summed E-state index contributed by atoms with van der Waals surface area (Å²) in [5, 5.41) is 15.9. The van der Waals surface area contributed by atoms with Crippen LogP contribution in [-0.2, 0) is 37.0 Å². The van der Waals surface area contributed by atoms with Gasteiger partial charge in [-0.3, -0.25) is 0 Å². The molecule has 0 amide bonds. The van der Waals surface area contributed by atoms with Gasteiger partial charge in [-0.2, -0.15) is 0 Å². The van der Waals surface area contributed by atoms with Crippen molar-refractivity contribution in [2.24, 2.45) is 0 Å². The molecule has 0 fully saturated rings. The van der Waals surface area contributed by atoms with Crippen molar-refractivity contribution in [2.45, 2.75) is 186 Å². The molecule has 0 spiro atoms. The highest BCUT2D eigenvalue weighted by Crippen LogP contribution is 2.38. The molecular formula is C103H146O9Si16. The van der Waals surface area contributed by atoms with Crippen LogP contribution in [0.5, 0.6) is 0 Å². The number of hydrogen-bond acceptors (Lipinski definition) is 9. The molecule has 0 aliphatic heterocycles. The predicted octanol–water partition coefficient (Wildman–Crippen LogP) is 19.6. The average Bonchev–Trinajstić information content (AvgIpc) is 0.758. The highest BCUT2D eigenvalue weighted by atomic mass is 28.5. The smallest absolute Gasteiger partial charge is 0.315 e. The van der Waals surface area contributed by atoms with Crippen molar-refractivity contribution in [2.75, 3.05) is 0 Å². The van der Waals surface area contributed by atoms with Gasteiger partial charge in [0.05, 0.1) is 0 Å². The van der Waals surface area contributed by atoms with Gasteiger partial charge >= 0.3 is 25.7 Å². The Labute approximate surface area is 790 Å². The number of hydrogen-bond donors (Lipinski definition) is 0. The van der Waals surface area contributed by atoms with Crippen molar-refractivity contribution in [1.82, 2.24) is 0 Å². The molecule has 0 aromatic heterocycles. The van der Waals surface area contributed by atoms with Gasteiger partial charge in [0.1, 0.15) is 8.07 Å². The molecule has 676 valence electrons. The van der Waals surface area contributed by atoms with Crippen LogP contribution in [0, 0.1) is 0 Å². The zero-order valence-corrected chi connectivity index (χ0v) is 97.2. The Balaban J connectivity index is 0.000000357. The molecule has 0 N–H and O–H groups in total. The van der Waals surface area contributed by atoms with Crippen LogP contribution >= 0.6 is 0 Å². The zero-order chi connectivity index (χ0) is 92.6. The third-order valence-corrected chi connectivity index (χ3v) is 88.5. The van der Waals surface area contributed by atoms with Crippen LogP contribution < -0.4 is 62.2 Å². The highest BCUT2D eigenvalue weighted by Gasteiger charge is 2.54. The van der Waals surface area contributed by atoms with Crippen LogP contribution in [0.25, 0.3) is 0 Å². The second-order valence-electron chi connectivity index (χ2n) is 39.6. The summed E-state index contributed by atoms with van der Waals surface area (Å²) in [6.07, 6.45) is 0. The van der Waals surface area contributed by atoms with Gasteiger partial charge < -0.3 is 37.0 Å². The maximum absolute atomic E-state index is 8.06. The van der Waals surface area contributed by atoms with Gasteiger partial charge in [-0.15, -0.1) is 6.58 Å². The Morgan fingerprint density at radius 1 is 0.234 bits per heavy atom. The predicted molar refractivity (Wildman–Crippen MR) is 592 cm³/mol. The Bertz CT molecular complexity index is 4880. The quantitative estimate of drug-likeness (QED) is 0.0274. The second kappa shape index (κ2) is 46.0. The van der Waals surface area contributed by atoms with Gasteiger partial charge in [-0.1, -0.05) is 389 Å². The minimum absolute atomic E-state index is 0.926. The van der Waals surface area contributed by atoms with E-state index in [4.69, 9.17) is 37.0 Å². The molecule has 0 heterocycles. The molecular weight excluding hydrogens is 1830 g/mol. The summed E-state index contributed by atoms with van der Waals surface area (Å²) in [6.45, 7) is 55.5. The van der Waals surface area contributed by atoms with E-state index in [0.717, 1.165) is 36.3 Å². The van der Waals surface area contributed by atoms with Gasteiger partial charge in [0.15, 0.2) is 59.7 Å². The van der Waals surface area contributed by atoms with Crippen LogP contribution in [-0.4, -0.2) is 136 Å². The normalized spacial score (nSPS) is 13.6. The largest absolute Gasteiger partial charge is 0.446 e. The molecule has 2 unspecified atom stereocenters. The van der Waals surface area contributed by atoms with E-state index in [1.165, 1.54) is 67.9 Å². The molecule has 0 aliphatic rings. The maximum Gasteiger partial charge on any atom is 0.315 e. The van der Waals surface area contributed by atoms with E-state index in [1.807, 2.05) is 5.70 Å². The fraction of sp³-hybridized carbons (Fsp3) is 0.282. The zero-order valence-electron chi connectivity index (χ0n) is 80.8. The fourth-order valence-corrected chi connectivity index (χ4v) is 98.0. The van der Waals surface area contributed by atoms with Crippen molar-refractivity contribution in [3.63, 3.8) is 0 Å². The molecule has 12 rings (SSSR count). The Kier molecular flexibility index (Phi) is 37.2. The van der Waals surface area contributed by atoms with Gasteiger partial charge in [0.2, 0.25) is 0 Å². The second-order valence-corrected chi connectivity index (χ2v) is 99.9. The summed E-state index contributed by atoms with van der Waals surface area (Å²) in [5.41, 5.74) is 3.21. The number of rotatable bonds is 42. The molecule has 0 aliphatic carbocycles. The first kappa shape index (κ1) is 104. The maximum atomic E-state index is 8.06. The van der Waals surface area contributed by atoms with E-state index in [2.05, 4.69) is 515 Å². The van der Waals surface area contributed by atoms with Crippen LogP contribution in [0.4, 0.5) is 0 Å². The Hall–Kier alpha value is -6.51. The minimum atomic E-state index is -3.00. The molecule has 128 heavy (non-hydrogen) atoms. The first-order valence-corrected chi connectivity index (χ1v) is 88.7. The molecule has 0 bridgehead atoms. The lowest BCUT2D eigenvalue weighted by Crippen LogP contribution is -2.72. The summed E-state index contributed by atoms with van der Waals surface area (Å²) in [5.74, 6) is 0. The van der Waals surface area contributed by atoms with Crippen molar-refractivity contribution in [3.05, 3.63) is 376 Å². The molecule has 0 saturated heterocycles. The van der Waals surface area contributed by atoms with Gasteiger partial charge in [-0.25, -0.2) is 0 Å². The number of benzene rings is 12. The third kappa shape index (κ3) is 28.8. The Morgan fingerprint density at radius 3 is 0.695 bits per heavy atom. The SMILES string of the molecule is C=C[Si](C)(C)O[Si](c1ccccc1)(c1ccccc1)c1ccccc1.C[SiH](C)O[SiH](C)O[Si](C)(C)O[SiH](C)C.C[Si](C)(CC[Si](C)(O[Si](C)(C)CC[Si](C)(C)O[Si](c1ccccc1)(c1ccccc1)c1ccccc1)O[Si](C)(C)O[Si](C)(C)CC[Si](C)(C)O[Si](c1ccccc1)(c1ccccc1)c1ccccc1)C[Si](c1ccccc1)(c1ccccc1)c1ccccc1. The van der Waals surface area contributed by atoms with Crippen LogP contribution in [0.15, 0.2) is 376 Å². The van der Waals surface area contributed by atoms with Crippen molar-refractivity contribution < 1.29 is 37.0 Å². The molecule has 0 radical (unpaired) electrons. The van der Waals surface area contributed by atoms with Crippen LogP contribution in [0.2, 0.25) is 186 Å². The van der Waals surface area contributed by atoms with E-state index in [1.54, 1.807) is 0 Å². The van der Waals surface area contributed by atoms with E-state index in [9.17, 15) is 0 Å². The van der Waals surface area contributed by atoms with Crippen molar-refractivity contribution in [3.8, 4) is 0 Å². The van der Waals surface area contributed by atoms with E-state index >= 15 is 0 Å². The average molecular weight is 1980 g/mol. The van der Waals surface area contributed by atoms with E-state index < -0.39 is 136 Å². The van der Waals surface area contributed by atoms with Crippen molar-refractivity contribution in [1.29, 1.82) is 0 Å².